The first-order valence-electron chi connectivity index (χ1n) is 16.3. The van der Waals surface area contributed by atoms with Crippen LogP contribution in [0.5, 0.6) is 0 Å². The van der Waals surface area contributed by atoms with E-state index in [9.17, 15) is 55.9 Å². The van der Waals surface area contributed by atoms with E-state index in [-0.39, 0.29) is 6.61 Å². The molecule has 0 radical (unpaired) electrons. The van der Waals surface area contributed by atoms with E-state index in [4.69, 9.17) is 37.9 Å². The number of ether oxygens (including phenoxy) is 8. The van der Waals surface area contributed by atoms with Crippen LogP contribution in [0.1, 0.15) is 34.1 Å². The minimum atomic E-state index is -1.86. The van der Waals surface area contributed by atoms with E-state index < -0.39 is 142 Å². The molecule has 20 heteroatoms. The van der Waals surface area contributed by atoms with Crippen molar-refractivity contribution in [2.75, 3.05) is 19.8 Å². The van der Waals surface area contributed by atoms with Crippen molar-refractivity contribution in [1.29, 1.82) is 0 Å². The molecule has 8 unspecified atom stereocenters. The normalized spacial score (nSPS) is 49.4. The van der Waals surface area contributed by atoms with E-state index in [1.165, 1.54) is 13.8 Å². The highest BCUT2D eigenvalue weighted by Crippen LogP contribution is 2.35. The third kappa shape index (κ3) is 8.87. The molecule has 0 aromatic heterocycles. The van der Waals surface area contributed by atoms with E-state index in [2.05, 4.69) is 5.32 Å². The van der Waals surface area contributed by atoms with Crippen LogP contribution in [-0.2, 0) is 42.7 Å². The van der Waals surface area contributed by atoms with Crippen molar-refractivity contribution >= 4 is 5.91 Å². The van der Waals surface area contributed by atoms with E-state index in [1.54, 1.807) is 0 Å². The van der Waals surface area contributed by atoms with Crippen molar-refractivity contribution in [2.45, 2.75) is 157 Å². The summed E-state index contributed by atoms with van der Waals surface area (Å²) in [4.78, 5) is 12.5. The molecule has 4 aliphatic heterocycles. The molecule has 1 amide bonds. The minimum absolute atomic E-state index is 0.119. The Morgan fingerprint density at radius 2 is 1.08 bits per heavy atom. The van der Waals surface area contributed by atoms with Gasteiger partial charge in [-0.05, 0) is 20.3 Å². The lowest BCUT2D eigenvalue weighted by atomic mass is 9.94. The van der Waals surface area contributed by atoms with Gasteiger partial charge >= 0.3 is 0 Å². The summed E-state index contributed by atoms with van der Waals surface area (Å²) in [5.41, 5.74) is 0. The Morgan fingerprint density at radius 1 is 0.592 bits per heavy atom. The summed E-state index contributed by atoms with van der Waals surface area (Å²) in [7, 11) is 0. The Morgan fingerprint density at radius 3 is 1.67 bits per heavy atom. The minimum Gasteiger partial charge on any atom is -0.394 e. The van der Waals surface area contributed by atoms with Gasteiger partial charge in [-0.2, -0.15) is 0 Å². The summed E-state index contributed by atoms with van der Waals surface area (Å²) in [5.74, 6) is -0.666. The fourth-order valence-electron chi connectivity index (χ4n) is 6.16. The van der Waals surface area contributed by atoms with Crippen LogP contribution in [0.3, 0.4) is 0 Å². The maximum atomic E-state index is 12.5. The lowest BCUT2D eigenvalue weighted by Crippen LogP contribution is -2.70. The Kier molecular flexibility index (Phi) is 14.5. The molecule has 0 saturated carbocycles. The molecule has 49 heavy (non-hydrogen) atoms. The first kappa shape index (κ1) is 40.5. The fraction of sp³-hybridized carbons (Fsp3) is 0.966. The zero-order valence-electron chi connectivity index (χ0n) is 27.5. The number of carbonyl (C=O) groups excluding carboxylic acids is 1. The SMILES string of the molecule is CCCO[C@@H]1OC(C)[C@H](O)[C@H](O[C@H]2O[C@@H](CO)[C@@H](O)C(O)C2O)C1O[C@@H]1OC(CO)[C@@H](O)C(O[C@@H]2OC(C)[C@H](O)[C@H](O)C2O)[C@@H]1NC(C)=O. The first-order chi connectivity index (χ1) is 23.1. The van der Waals surface area contributed by atoms with E-state index in [0.29, 0.717) is 6.42 Å². The van der Waals surface area contributed by atoms with Crippen LogP contribution < -0.4 is 5.32 Å². The lowest BCUT2D eigenvalue weighted by Gasteiger charge is -2.50. The van der Waals surface area contributed by atoms with Crippen LogP contribution in [0.2, 0.25) is 0 Å². The van der Waals surface area contributed by atoms with Gasteiger partial charge in [0.05, 0.1) is 25.4 Å². The molecular weight excluding hydrogens is 666 g/mol. The van der Waals surface area contributed by atoms with Gasteiger partial charge in [0.25, 0.3) is 0 Å². The maximum Gasteiger partial charge on any atom is 0.217 e. The van der Waals surface area contributed by atoms with Gasteiger partial charge in [-0.25, -0.2) is 0 Å². The van der Waals surface area contributed by atoms with Crippen LogP contribution in [-0.4, -0.2) is 200 Å². The predicted molar refractivity (Wildman–Crippen MR) is 157 cm³/mol. The summed E-state index contributed by atoms with van der Waals surface area (Å²) in [6.45, 7) is 4.41. The molecule has 0 bridgehead atoms. The molecule has 286 valence electrons. The molecule has 4 saturated heterocycles. The Bertz CT molecular complexity index is 1040. The zero-order valence-corrected chi connectivity index (χ0v) is 27.5. The summed E-state index contributed by atoms with van der Waals surface area (Å²) < 4.78 is 46.8. The third-order valence-electron chi connectivity index (χ3n) is 9.00. The van der Waals surface area contributed by atoms with E-state index in [0.717, 1.165) is 6.92 Å². The third-order valence-corrected chi connectivity index (χ3v) is 9.00. The number of nitrogens with one attached hydrogen (secondary N) is 1. The van der Waals surface area contributed by atoms with Gasteiger partial charge in [0, 0.05) is 13.5 Å². The largest absolute Gasteiger partial charge is 0.394 e. The molecule has 4 rings (SSSR count). The standard InChI is InChI=1S/C29H51NO19/c1-5-6-42-29-25(24(16(35)10(3)44-29)48-28-22(41)20(39)17(36)12(7-31)46-28)49-26-14(30-11(4)33)23(18(37)13(8-32)45-26)47-27-21(40)19(38)15(34)9(2)43-27/h9-10,12-29,31-32,34-41H,5-8H2,1-4H3,(H,30,33)/t9?,10?,12-,13?,14-,15-,16-,17+,18+,19-,20?,21?,22?,23?,24-,25?,26-,27-,28+,29+/m0/s1. The first-order valence-corrected chi connectivity index (χ1v) is 16.3. The zero-order chi connectivity index (χ0) is 36.3. The second kappa shape index (κ2) is 17.5. The number of amides is 1. The number of hydrogen-bond acceptors (Lipinski definition) is 19. The number of hydrogen-bond donors (Lipinski definition) is 11. The number of aliphatic hydroxyl groups excluding tert-OH is 10. The van der Waals surface area contributed by atoms with Crippen LogP contribution >= 0.6 is 0 Å². The van der Waals surface area contributed by atoms with Gasteiger partial charge in [0.15, 0.2) is 25.2 Å². The van der Waals surface area contributed by atoms with Crippen LogP contribution in [0.15, 0.2) is 0 Å². The Labute approximate surface area is 281 Å². The summed E-state index contributed by atoms with van der Waals surface area (Å²) >= 11 is 0. The molecule has 20 atom stereocenters. The topological polar surface area (TPSA) is 305 Å². The average Bonchev–Trinajstić information content (AvgIpc) is 3.07. The van der Waals surface area contributed by atoms with Crippen LogP contribution in [0.25, 0.3) is 0 Å². The lowest BCUT2D eigenvalue weighted by molar-refractivity contribution is -0.388. The highest BCUT2D eigenvalue weighted by Gasteiger charge is 2.56. The van der Waals surface area contributed by atoms with Gasteiger partial charge in [0.2, 0.25) is 5.91 Å². The molecule has 0 aromatic carbocycles. The molecule has 0 aromatic rings. The average molecular weight is 718 g/mol. The Hall–Kier alpha value is -1.25. The second-order valence-corrected chi connectivity index (χ2v) is 12.7. The molecule has 4 heterocycles. The monoisotopic (exact) mass is 717 g/mol. The summed E-state index contributed by atoms with van der Waals surface area (Å²) in [6.07, 6.45) is -28.8. The molecule has 0 spiro atoms. The van der Waals surface area contributed by atoms with Gasteiger partial charge in [-0.1, -0.05) is 6.92 Å². The van der Waals surface area contributed by atoms with Gasteiger partial charge in [-0.3, -0.25) is 4.79 Å². The number of aliphatic hydroxyl groups is 10. The number of carbonyl (C=O) groups is 1. The van der Waals surface area contributed by atoms with Gasteiger partial charge < -0.3 is 94.3 Å². The molecular formula is C29H51NO19. The molecule has 20 nitrogen and oxygen atoms in total. The molecule has 0 aliphatic carbocycles. The molecule has 4 fully saturated rings. The van der Waals surface area contributed by atoms with Crippen molar-refractivity contribution in [3.63, 3.8) is 0 Å². The van der Waals surface area contributed by atoms with Crippen molar-refractivity contribution < 1.29 is 93.8 Å². The summed E-state index contributed by atoms with van der Waals surface area (Å²) in [6, 6.07) is -1.46. The fourth-order valence-corrected chi connectivity index (χ4v) is 6.16. The van der Waals surface area contributed by atoms with Gasteiger partial charge in [-0.15, -0.1) is 0 Å². The van der Waals surface area contributed by atoms with E-state index >= 15 is 0 Å². The smallest absolute Gasteiger partial charge is 0.217 e. The van der Waals surface area contributed by atoms with Crippen molar-refractivity contribution in [3.8, 4) is 0 Å². The number of rotatable bonds is 12. The highest BCUT2D eigenvalue weighted by atomic mass is 16.8. The van der Waals surface area contributed by atoms with Gasteiger partial charge in [0.1, 0.15) is 85.4 Å². The Balaban J connectivity index is 1.68. The molecule has 11 N–H and O–H groups in total. The van der Waals surface area contributed by atoms with E-state index in [1.807, 2.05) is 6.92 Å². The second-order valence-electron chi connectivity index (χ2n) is 12.7. The van der Waals surface area contributed by atoms with Crippen molar-refractivity contribution in [1.82, 2.24) is 5.32 Å². The van der Waals surface area contributed by atoms with Crippen LogP contribution in [0, 0.1) is 0 Å². The predicted octanol–water partition coefficient (Wildman–Crippen LogP) is -6.12. The summed E-state index contributed by atoms with van der Waals surface area (Å²) in [5, 5.41) is 107. The maximum absolute atomic E-state index is 12.5. The van der Waals surface area contributed by atoms with Crippen molar-refractivity contribution in [2.24, 2.45) is 0 Å². The van der Waals surface area contributed by atoms with Crippen LogP contribution in [0.4, 0.5) is 0 Å². The van der Waals surface area contributed by atoms with Crippen molar-refractivity contribution in [3.05, 3.63) is 0 Å². The quantitative estimate of drug-likeness (QED) is 0.0895. The molecule has 4 aliphatic rings. The highest BCUT2D eigenvalue weighted by molar-refractivity contribution is 5.73.